The molecule has 0 saturated carbocycles. The molecule has 0 aliphatic rings. The fourth-order valence-electron chi connectivity index (χ4n) is 1.34. The second kappa shape index (κ2) is 7.29. The Kier molecular flexibility index (Phi) is 6.03. The molecule has 104 valence electrons. The molecule has 0 bridgehead atoms. The molecule has 0 aliphatic heterocycles. The summed E-state index contributed by atoms with van der Waals surface area (Å²) in [7, 11) is -3.45. The molecule has 0 aromatic heterocycles. The average Bonchev–Trinajstić information content (AvgIpc) is 2.43. The molecule has 1 aromatic carbocycles. The quantitative estimate of drug-likeness (QED) is 0.801. The molecule has 1 unspecified atom stereocenters. The van der Waals surface area contributed by atoms with E-state index in [0.717, 1.165) is 6.42 Å². The van der Waals surface area contributed by atoms with Crippen LogP contribution >= 0.6 is 0 Å². The Balaban J connectivity index is 2.79. The van der Waals surface area contributed by atoms with E-state index in [0.29, 0.717) is 18.0 Å². The summed E-state index contributed by atoms with van der Waals surface area (Å²) < 4.78 is 26.6. The van der Waals surface area contributed by atoms with Crippen molar-refractivity contribution in [3.05, 3.63) is 29.8 Å². The Morgan fingerprint density at radius 2 is 1.95 bits per heavy atom. The Morgan fingerprint density at radius 1 is 1.32 bits per heavy atom. The van der Waals surface area contributed by atoms with Gasteiger partial charge in [-0.15, -0.1) is 0 Å². The van der Waals surface area contributed by atoms with E-state index in [-0.39, 0.29) is 11.5 Å². The molecule has 0 spiro atoms. The summed E-state index contributed by atoms with van der Waals surface area (Å²) in [5.74, 6) is 5.54. The number of nitrogens with one attached hydrogen (secondary N) is 1. The molecule has 1 aromatic rings. The van der Waals surface area contributed by atoms with E-state index in [1.165, 1.54) is 12.1 Å². The topological polar surface area (TPSA) is 66.4 Å². The molecule has 19 heavy (non-hydrogen) atoms. The summed E-state index contributed by atoms with van der Waals surface area (Å²) >= 11 is 0. The molecule has 0 fully saturated rings. The first-order valence-corrected chi connectivity index (χ1v) is 7.67. The van der Waals surface area contributed by atoms with Crippen molar-refractivity contribution in [2.24, 2.45) is 5.92 Å². The zero-order chi connectivity index (χ0) is 14.3. The van der Waals surface area contributed by atoms with Gasteiger partial charge < -0.3 is 5.11 Å². The third-order valence-corrected chi connectivity index (χ3v) is 4.23. The van der Waals surface area contributed by atoms with Crippen molar-refractivity contribution in [1.82, 2.24) is 4.72 Å². The van der Waals surface area contributed by atoms with Crippen LogP contribution in [0, 0.1) is 17.8 Å². The third-order valence-electron chi connectivity index (χ3n) is 2.80. The minimum absolute atomic E-state index is 0.212. The second-order valence-corrected chi connectivity index (χ2v) is 6.12. The van der Waals surface area contributed by atoms with Gasteiger partial charge in [0.15, 0.2) is 0 Å². The van der Waals surface area contributed by atoms with Crippen LogP contribution < -0.4 is 4.72 Å². The zero-order valence-corrected chi connectivity index (χ0v) is 12.0. The summed E-state index contributed by atoms with van der Waals surface area (Å²) in [6.45, 7) is 4.24. The third kappa shape index (κ3) is 5.03. The van der Waals surface area contributed by atoms with Crippen molar-refractivity contribution in [2.45, 2.75) is 25.2 Å². The van der Waals surface area contributed by atoms with Crippen LogP contribution in [0.25, 0.3) is 0 Å². The van der Waals surface area contributed by atoms with E-state index < -0.39 is 10.0 Å². The molecule has 4 nitrogen and oxygen atoms in total. The normalized spacial score (nSPS) is 12.6. The number of hydrogen-bond acceptors (Lipinski definition) is 3. The number of sulfonamides is 1. The van der Waals surface area contributed by atoms with Gasteiger partial charge in [0, 0.05) is 12.1 Å². The van der Waals surface area contributed by atoms with Crippen LogP contribution in [0.3, 0.4) is 0 Å². The molecule has 5 heteroatoms. The number of aliphatic hydroxyl groups excluding tert-OH is 1. The number of rotatable bonds is 5. The maximum Gasteiger partial charge on any atom is 0.240 e. The molecule has 2 N–H and O–H groups in total. The predicted molar refractivity (Wildman–Crippen MR) is 75.0 cm³/mol. The molecule has 0 amide bonds. The minimum Gasteiger partial charge on any atom is -0.384 e. The first-order chi connectivity index (χ1) is 8.99. The Bertz CT molecular complexity index is 553. The van der Waals surface area contributed by atoms with Crippen molar-refractivity contribution in [1.29, 1.82) is 0 Å². The highest BCUT2D eigenvalue weighted by Gasteiger charge is 2.14. The number of benzene rings is 1. The van der Waals surface area contributed by atoms with Crippen molar-refractivity contribution in [3.8, 4) is 11.8 Å². The largest absolute Gasteiger partial charge is 0.384 e. The summed E-state index contributed by atoms with van der Waals surface area (Å²) in [5, 5.41) is 8.58. The summed E-state index contributed by atoms with van der Waals surface area (Å²) in [5.41, 5.74) is 0.676. The lowest BCUT2D eigenvalue weighted by Crippen LogP contribution is -2.28. The van der Waals surface area contributed by atoms with Gasteiger partial charge in [-0.2, -0.15) is 0 Å². The monoisotopic (exact) mass is 281 g/mol. The second-order valence-electron chi connectivity index (χ2n) is 4.35. The fourth-order valence-corrected chi connectivity index (χ4v) is 2.50. The first kappa shape index (κ1) is 15.7. The van der Waals surface area contributed by atoms with Gasteiger partial charge in [-0.1, -0.05) is 32.1 Å². The van der Waals surface area contributed by atoms with Crippen molar-refractivity contribution in [3.63, 3.8) is 0 Å². The predicted octanol–water partition coefficient (Wildman–Crippen LogP) is 1.35. The summed E-state index contributed by atoms with van der Waals surface area (Å²) in [6, 6.07) is 6.28. The molecular formula is C14H19NO3S. The van der Waals surface area contributed by atoms with Crippen LogP contribution in [0.1, 0.15) is 25.8 Å². The van der Waals surface area contributed by atoms with Crippen molar-refractivity contribution >= 4 is 10.0 Å². The van der Waals surface area contributed by atoms with Crippen LogP contribution in [-0.4, -0.2) is 26.7 Å². The van der Waals surface area contributed by atoms with Crippen molar-refractivity contribution < 1.29 is 13.5 Å². The molecule has 1 atom stereocenters. The summed E-state index contributed by atoms with van der Waals surface area (Å²) in [4.78, 5) is 0.227. The van der Waals surface area contributed by atoms with Gasteiger partial charge in [0.05, 0.1) is 4.90 Å². The molecule has 1 rings (SSSR count). The molecule has 0 aliphatic carbocycles. The standard InChI is InChI=1S/C14H19NO3S/c1-3-12(2)11-15-19(17,18)14-8-6-13(7-9-14)5-4-10-16/h6-9,12,15-16H,3,10-11H2,1-2H3. The van der Waals surface area contributed by atoms with Crippen LogP contribution in [0.4, 0.5) is 0 Å². The average molecular weight is 281 g/mol. The van der Waals surface area contributed by atoms with E-state index in [4.69, 9.17) is 5.11 Å². The highest BCUT2D eigenvalue weighted by Crippen LogP contribution is 2.10. The van der Waals surface area contributed by atoms with Gasteiger partial charge >= 0.3 is 0 Å². The Labute approximate surface area is 114 Å². The highest BCUT2D eigenvalue weighted by molar-refractivity contribution is 7.89. The Hall–Kier alpha value is -1.35. The van der Waals surface area contributed by atoms with E-state index in [1.807, 2.05) is 13.8 Å². The Morgan fingerprint density at radius 3 is 2.47 bits per heavy atom. The van der Waals surface area contributed by atoms with Gasteiger partial charge in [-0.3, -0.25) is 0 Å². The van der Waals surface area contributed by atoms with E-state index in [2.05, 4.69) is 16.6 Å². The smallest absolute Gasteiger partial charge is 0.240 e. The van der Waals surface area contributed by atoms with Gasteiger partial charge in [-0.25, -0.2) is 13.1 Å². The molecule has 0 saturated heterocycles. The molecule has 0 radical (unpaired) electrons. The van der Waals surface area contributed by atoms with Crippen molar-refractivity contribution in [2.75, 3.05) is 13.2 Å². The van der Waals surface area contributed by atoms with E-state index in [1.54, 1.807) is 12.1 Å². The van der Waals surface area contributed by atoms with Gasteiger partial charge in [-0.05, 0) is 30.2 Å². The lowest BCUT2D eigenvalue weighted by atomic mass is 10.1. The van der Waals surface area contributed by atoms with Crippen LogP contribution in [-0.2, 0) is 10.0 Å². The summed E-state index contributed by atoms with van der Waals surface area (Å²) in [6.07, 6.45) is 0.929. The molecule has 0 heterocycles. The molecular weight excluding hydrogens is 262 g/mol. The minimum atomic E-state index is -3.45. The van der Waals surface area contributed by atoms with Gasteiger partial charge in [0.25, 0.3) is 0 Å². The van der Waals surface area contributed by atoms with Crippen LogP contribution in [0.15, 0.2) is 29.2 Å². The SMILES string of the molecule is CCC(C)CNS(=O)(=O)c1ccc(C#CCO)cc1. The van der Waals surface area contributed by atoms with E-state index >= 15 is 0 Å². The maximum absolute atomic E-state index is 12.0. The van der Waals surface area contributed by atoms with Gasteiger partial charge in [0.1, 0.15) is 6.61 Å². The fraction of sp³-hybridized carbons (Fsp3) is 0.429. The lowest BCUT2D eigenvalue weighted by molar-refractivity contribution is 0.350. The van der Waals surface area contributed by atoms with Crippen LogP contribution in [0.2, 0.25) is 0 Å². The maximum atomic E-state index is 12.0. The lowest BCUT2D eigenvalue weighted by Gasteiger charge is -2.10. The number of aliphatic hydroxyl groups is 1. The highest BCUT2D eigenvalue weighted by atomic mass is 32.2. The zero-order valence-electron chi connectivity index (χ0n) is 11.2. The first-order valence-electron chi connectivity index (χ1n) is 6.19. The van der Waals surface area contributed by atoms with E-state index in [9.17, 15) is 8.42 Å². The van der Waals surface area contributed by atoms with Gasteiger partial charge in [0.2, 0.25) is 10.0 Å². The van der Waals surface area contributed by atoms with Crippen LogP contribution in [0.5, 0.6) is 0 Å². The number of hydrogen-bond donors (Lipinski definition) is 2.